The van der Waals surface area contributed by atoms with Crippen LogP contribution in [0.25, 0.3) is 0 Å². The Morgan fingerprint density at radius 3 is 1.65 bits per heavy atom. The molecule has 0 amide bonds. The first-order chi connectivity index (χ1) is 8.42. The Morgan fingerprint density at radius 2 is 1.12 bits per heavy atom. The first kappa shape index (κ1) is 10.8. The monoisotopic (exact) mass is 238 g/mol. The van der Waals surface area contributed by atoms with Gasteiger partial charge in [-0.3, -0.25) is 0 Å². The van der Waals surface area contributed by atoms with Crippen molar-refractivity contribution in [2.45, 2.75) is 88.0 Å². The van der Waals surface area contributed by atoms with Gasteiger partial charge in [-0.05, 0) is 25.7 Å². The smallest absolute Gasteiger partial charge is 0.110 e. The zero-order valence-corrected chi connectivity index (χ0v) is 10.3. The zero-order chi connectivity index (χ0) is 11.2. The Kier molecular flexibility index (Phi) is 2.67. The molecule has 2 saturated carbocycles. The molecule has 6 atom stereocenters. The van der Waals surface area contributed by atoms with Crippen molar-refractivity contribution in [2.75, 3.05) is 0 Å². The van der Waals surface area contributed by atoms with E-state index in [1.807, 2.05) is 0 Å². The minimum atomic E-state index is 0.357. The number of rotatable bonds is 2. The Bertz CT molecular complexity index is 265. The summed E-state index contributed by atoms with van der Waals surface area (Å²) in [6.07, 6.45) is 12.7. The molecule has 4 rings (SSSR count). The van der Waals surface area contributed by atoms with E-state index in [1.54, 1.807) is 0 Å². The summed E-state index contributed by atoms with van der Waals surface area (Å²) in [5.74, 6) is 0. The van der Waals surface area contributed by atoms with Gasteiger partial charge in [0.25, 0.3) is 0 Å². The van der Waals surface area contributed by atoms with Crippen LogP contribution in [0.15, 0.2) is 0 Å². The zero-order valence-electron chi connectivity index (χ0n) is 10.3. The van der Waals surface area contributed by atoms with Crippen molar-refractivity contribution in [3.05, 3.63) is 0 Å². The van der Waals surface area contributed by atoms with Gasteiger partial charge in [-0.15, -0.1) is 0 Å². The van der Waals surface area contributed by atoms with Crippen molar-refractivity contribution in [1.29, 1.82) is 0 Å². The second-order valence-corrected chi connectivity index (χ2v) is 6.06. The van der Waals surface area contributed by atoms with Gasteiger partial charge in [0.15, 0.2) is 0 Å². The first-order valence-electron chi connectivity index (χ1n) is 7.38. The first-order valence-corrected chi connectivity index (χ1v) is 7.38. The van der Waals surface area contributed by atoms with Gasteiger partial charge in [-0.2, -0.15) is 0 Å². The fourth-order valence-corrected chi connectivity index (χ4v) is 3.66. The van der Waals surface area contributed by atoms with Gasteiger partial charge in [0.05, 0.1) is 24.4 Å². The predicted molar refractivity (Wildman–Crippen MR) is 62.9 cm³/mol. The van der Waals surface area contributed by atoms with Gasteiger partial charge in [0.1, 0.15) is 12.2 Å². The van der Waals surface area contributed by atoms with Crippen molar-refractivity contribution in [2.24, 2.45) is 0 Å². The van der Waals surface area contributed by atoms with Gasteiger partial charge in [-0.25, -0.2) is 0 Å². The van der Waals surface area contributed by atoms with Crippen molar-refractivity contribution in [1.82, 2.24) is 0 Å². The van der Waals surface area contributed by atoms with Crippen LogP contribution in [0.3, 0.4) is 0 Å². The standard InChI is InChI=1S/C14H22O3/c1-3-7-11-13(16-11)9(5-1)15-10-6-2-4-8-12-14(10)17-12/h9-14H,1-8H2. The van der Waals surface area contributed by atoms with Crippen molar-refractivity contribution < 1.29 is 14.2 Å². The van der Waals surface area contributed by atoms with Crippen LogP contribution in [0.5, 0.6) is 0 Å². The summed E-state index contributed by atoms with van der Waals surface area (Å²) in [4.78, 5) is 0. The average molecular weight is 238 g/mol. The third-order valence-electron chi connectivity index (χ3n) is 4.78. The highest BCUT2D eigenvalue weighted by atomic mass is 16.6. The molecule has 0 bridgehead atoms. The maximum atomic E-state index is 6.35. The Morgan fingerprint density at radius 1 is 0.647 bits per heavy atom. The summed E-state index contributed by atoms with van der Waals surface area (Å²) in [5, 5.41) is 0. The van der Waals surface area contributed by atoms with Gasteiger partial charge in [0, 0.05) is 0 Å². The largest absolute Gasteiger partial charge is 0.369 e. The molecule has 17 heavy (non-hydrogen) atoms. The third kappa shape index (κ3) is 2.13. The maximum absolute atomic E-state index is 6.35. The molecule has 2 aliphatic carbocycles. The molecule has 96 valence electrons. The molecule has 3 nitrogen and oxygen atoms in total. The van der Waals surface area contributed by atoms with Crippen LogP contribution in [-0.4, -0.2) is 36.6 Å². The number of epoxide rings is 2. The van der Waals surface area contributed by atoms with E-state index in [1.165, 1.54) is 51.4 Å². The Balaban J connectivity index is 1.39. The molecule has 3 heteroatoms. The van der Waals surface area contributed by atoms with E-state index in [-0.39, 0.29) is 0 Å². The third-order valence-corrected chi connectivity index (χ3v) is 4.78. The molecule has 0 spiro atoms. The molecule has 6 unspecified atom stereocenters. The summed E-state index contributed by atoms with van der Waals surface area (Å²) in [6, 6.07) is 0. The summed E-state index contributed by atoms with van der Waals surface area (Å²) in [6.45, 7) is 0. The van der Waals surface area contributed by atoms with Crippen molar-refractivity contribution in [3.63, 3.8) is 0 Å². The second kappa shape index (κ2) is 4.22. The van der Waals surface area contributed by atoms with Crippen LogP contribution in [0, 0.1) is 0 Å². The molecular formula is C14H22O3. The number of hydrogen-bond acceptors (Lipinski definition) is 3. The molecule has 4 aliphatic rings. The summed E-state index contributed by atoms with van der Waals surface area (Å²) in [5.41, 5.74) is 0. The Hall–Kier alpha value is -0.120. The van der Waals surface area contributed by atoms with Crippen LogP contribution in [-0.2, 0) is 14.2 Å². The van der Waals surface area contributed by atoms with E-state index < -0.39 is 0 Å². The molecule has 2 aliphatic heterocycles. The highest BCUT2D eigenvalue weighted by Crippen LogP contribution is 2.41. The lowest BCUT2D eigenvalue weighted by Gasteiger charge is -2.22. The molecule has 0 aromatic rings. The molecule has 2 heterocycles. The van der Waals surface area contributed by atoms with Gasteiger partial charge in [-0.1, -0.05) is 25.7 Å². The molecular weight excluding hydrogens is 216 g/mol. The van der Waals surface area contributed by atoms with E-state index in [2.05, 4.69) is 0 Å². The summed E-state index contributed by atoms with van der Waals surface area (Å²) < 4.78 is 17.8. The molecule has 0 radical (unpaired) electrons. The molecule has 4 fully saturated rings. The van der Waals surface area contributed by atoms with Gasteiger partial charge >= 0.3 is 0 Å². The topological polar surface area (TPSA) is 34.3 Å². The SMILES string of the molecule is C1CCC2OC2C(OC2CCCCC3OC23)C1. The normalized spacial score (nSPS) is 52.9. The van der Waals surface area contributed by atoms with Gasteiger partial charge < -0.3 is 14.2 Å². The van der Waals surface area contributed by atoms with Crippen molar-refractivity contribution in [3.8, 4) is 0 Å². The van der Waals surface area contributed by atoms with Crippen LogP contribution in [0.1, 0.15) is 51.4 Å². The maximum Gasteiger partial charge on any atom is 0.110 e. The van der Waals surface area contributed by atoms with E-state index in [0.717, 1.165) is 0 Å². The Labute approximate surface area is 103 Å². The lowest BCUT2D eigenvalue weighted by atomic mass is 10.1. The minimum Gasteiger partial charge on any atom is -0.369 e. The van der Waals surface area contributed by atoms with Crippen molar-refractivity contribution >= 4 is 0 Å². The summed E-state index contributed by atoms with van der Waals surface area (Å²) >= 11 is 0. The fraction of sp³-hybridized carbons (Fsp3) is 1.00. The van der Waals surface area contributed by atoms with E-state index in [9.17, 15) is 0 Å². The molecule has 0 aromatic carbocycles. The lowest BCUT2D eigenvalue weighted by molar-refractivity contribution is -0.0460. The lowest BCUT2D eigenvalue weighted by Crippen LogP contribution is -2.30. The average Bonchev–Trinajstić information content (AvgIpc) is 3.11. The quantitative estimate of drug-likeness (QED) is 0.693. The number of ether oxygens (including phenoxy) is 3. The van der Waals surface area contributed by atoms with Crippen LogP contribution in [0.2, 0.25) is 0 Å². The van der Waals surface area contributed by atoms with Crippen LogP contribution < -0.4 is 0 Å². The van der Waals surface area contributed by atoms with E-state index in [4.69, 9.17) is 14.2 Å². The summed E-state index contributed by atoms with van der Waals surface area (Å²) in [7, 11) is 0. The second-order valence-electron chi connectivity index (χ2n) is 6.06. The molecule has 0 N–H and O–H groups in total. The van der Waals surface area contributed by atoms with Crippen LogP contribution >= 0.6 is 0 Å². The highest BCUT2D eigenvalue weighted by molar-refractivity contribution is 4.98. The fourth-order valence-electron chi connectivity index (χ4n) is 3.66. The van der Waals surface area contributed by atoms with Gasteiger partial charge in [0.2, 0.25) is 0 Å². The minimum absolute atomic E-state index is 0.357. The van der Waals surface area contributed by atoms with E-state index >= 15 is 0 Å². The predicted octanol–water partition coefficient (Wildman–Crippen LogP) is 2.42. The molecule has 0 aromatic heterocycles. The number of hydrogen-bond donors (Lipinski definition) is 0. The van der Waals surface area contributed by atoms with Crippen LogP contribution in [0.4, 0.5) is 0 Å². The van der Waals surface area contributed by atoms with E-state index in [0.29, 0.717) is 36.6 Å². The highest BCUT2D eigenvalue weighted by Gasteiger charge is 2.51. The molecule has 2 saturated heterocycles. The number of fused-ring (bicyclic) bond motifs is 2.